The molecular weight excluding hydrogens is 272 g/mol. The molecule has 0 radical (unpaired) electrons. The van der Waals surface area contributed by atoms with Crippen LogP contribution in [0.5, 0.6) is 0 Å². The summed E-state index contributed by atoms with van der Waals surface area (Å²) < 4.78 is 2.47. The fourth-order valence-corrected chi connectivity index (χ4v) is 4.65. The van der Waals surface area contributed by atoms with Crippen molar-refractivity contribution in [3.05, 3.63) is 17.0 Å². The van der Waals surface area contributed by atoms with Crippen LogP contribution in [0.3, 0.4) is 0 Å². The summed E-state index contributed by atoms with van der Waals surface area (Å²) in [6, 6.07) is 0.639. The van der Waals surface area contributed by atoms with Crippen LogP contribution in [0.2, 0.25) is 0 Å². The molecule has 0 amide bonds. The van der Waals surface area contributed by atoms with Gasteiger partial charge in [0.15, 0.2) is 0 Å². The number of likely N-dealkylation sites (tertiary alicyclic amines) is 1. The highest BCUT2D eigenvalue weighted by molar-refractivity contribution is 5.32. The van der Waals surface area contributed by atoms with Gasteiger partial charge < -0.3 is 10.2 Å². The lowest BCUT2D eigenvalue weighted by molar-refractivity contribution is 0.208. The summed E-state index contributed by atoms with van der Waals surface area (Å²) in [4.78, 5) is 2.45. The highest BCUT2D eigenvalue weighted by Gasteiger charge is 2.30. The Balaban J connectivity index is 1.64. The van der Waals surface area contributed by atoms with Crippen LogP contribution in [-0.4, -0.2) is 41.4 Å². The number of piperidine rings is 1. The Labute approximate surface area is 134 Å². The molecule has 0 unspecified atom stereocenters. The van der Waals surface area contributed by atoms with Gasteiger partial charge in [0.1, 0.15) is 0 Å². The minimum Gasteiger partial charge on any atom is -0.312 e. The fraction of sp³-hybridized carbons (Fsp3) is 0.833. The molecule has 122 valence electrons. The average Bonchev–Trinajstić information content (AvgIpc) is 2.96. The van der Waals surface area contributed by atoms with Crippen molar-refractivity contribution in [1.29, 1.82) is 0 Å². The lowest BCUT2D eigenvalue weighted by Gasteiger charge is -2.30. The molecule has 1 N–H and O–H groups in total. The predicted molar refractivity (Wildman–Crippen MR) is 89.2 cm³/mol. The predicted octanol–water partition coefficient (Wildman–Crippen LogP) is 2.84. The summed E-state index contributed by atoms with van der Waals surface area (Å²) in [6.07, 6.45) is 10.6. The first-order valence-corrected chi connectivity index (χ1v) is 9.32. The summed E-state index contributed by atoms with van der Waals surface area (Å²) in [5.41, 5.74) is 4.59. The van der Waals surface area contributed by atoms with Gasteiger partial charge in [0, 0.05) is 36.7 Å². The summed E-state index contributed by atoms with van der Waals surface area (Å²) >= 11 is 0. The monoisotopic (exact) mass is 302 g/mol. The number of fused-ring (bicyclic) bond motifs is 1. The number of nitrogens with zero attached hydrogens (tertiary/aromatic N) is 3. The van der Waals surface area contributed by atoms with Gasteiger partial charge in [-0.15, -0.1) is 0 Å². The van der Waals surface area contributed by atoms with E-state index in [4.69, 9.17) is 5.10 Å². The van der Waals surface area contributed by atoms with Crippen LogP contribution in [0.4, 0.5) is 0 Å². The molecule has 0 bridgehead atoms. The second-order valence-electron chi connectivity index (χ2n) is 7.55. The first-order chi connectivity index (χ1) is 10.8. The molecule has 0 atom stereocenters. The SMILES string of the molecule is CN1CCC(n2nc(C3CCCCC3)c3c2CCNC3)CC1. The Morgan fingerprint density at radius 1 is 1.05 bits per heavy atom. The quantitative estimate of drug-likeness (QED) is 0.912. The Kier molecular flexibility index (Phi) is 4.23. The van der Waals surface area contributed by atoms with E-state index in [0.717, 1.165) is 19.0 Å². The smallest absolute Gasteiger partial charge is 0.0703 e. The molecule has 0 aromatic carbocycles. The molecule has 2 aliphatic heterocycles. The molecule has 1 saturated heterocycles. The second-order valence-corrected chi connectivity index (χ2v) is 7.55. The van der Waals surface area contributed by atoms with Crippen molar-refractivity contribution in [2.45, 2.75) is 69.9 Å². The van der Waals surface area contributed by atoms with Gasteiger partial charge >= 0.3 is 0 Å². The van der Waals surface area contributed by atoms with Gasteiger partial charge in [0.25, 0.3) is 0 Å². The van der Waals surface area contributed by atoms with Gasteiger partial charge in [-0.1, -0.05) is 19.3 Å². The lowest BCUT2D eigenvalue weighted by atomic mass is 9.84. The average molecular weight is 302 g/mol. The molecular formula is C18H30N4. The highest BCUT2D eigenvalue weighted by atomic mass is 15.3. The van der Waals surface area contributed by atoms with Crippen molar-refractivity contribution in [3.63, 3.8) is 0 Å². The van der Waals surface area contributed by atoms with Crippen molar-refractivity contribution in [2.75, 3.05) is 26.7 Å². The Morgan fingerprint density at radius 2 is 1.82 bits per heavy atom. The van der Waals surface area contributed by atoms with Crippen LogP contribution in [0, 0.1) is 0 Å². The van der Waals surface area contributed by atoms with E-state index >= 15 is 0 Å². The first kappa shape index (κ1) is 14.7. The second kappa shape index (κ2) is 6.32. The molecule has 4 heteroatoms. The maximum absolute atomic E-state index is 5.22. The normalized spacial score (nSPS) is 25.3. The summed E-state index contributed by atoms with van der Waals surface area (Å²) in [6.45, 7) is 4.61. The van der Waals surface area contributed by atoms with Crippen molar-refractivity contribution < 1.29 is 0 Å². The van der Waals surface area contributed by atoms with E-state index in [9.17, 15) is 0 Å². The molecule has 1 saturated carbocycles. The minimum absolute atomic E-state index is 0.639. The van der Waals surface area contributed by atoms with E-state index in [1.54, 1.807) is 11.3 Å². The highest BCUT2D eigenvalue weighted by Crippen LogP contribution is 2.37. The number of aromatic nitrogens is 2. The van der Waals surface area contributed by atoms with Crippen LogP contribution in [-0.2, 0) is 13.0 Å². The van der Waals surface area contributed by atoms with Crippen molar-refractivity contribution in [2.24, 2.45) is 0 Å². The van der Waals surface area contributed by atoms with Crippen LogP contribution in [0.25, 0.3) is 0 Å². The van der Waals surface area contributed by atoms with E-state index in [1.807, 2.05) is 0 Å². The summed E-state index contributed by atoms with van der Waals surface area (Å²) in [5.74, 6) is 0.731. The molecule has 4 nitrogen and oxygen atoms in total. The van der Waals surface area contributed by atoms with Gasteiger partial charge in [-0.3, -0.25) is 4.68 Å². The largest absolute Gasteiger partial charge is 0.312 e. The van der Waals surface area contributed by atoms with Crippen LogP contribution in [0.1, 0.15) is 73.9 Å². The van der Waals surface area contributed by atoms with Crippen LogP contribution >= 0.6 is 0 Å². The van der Waals surface area contributed by atoms with Crippen molar-refractivity contribution in [3.8, 4) is 0 Å². The third kappa shape index (κ3) is 2.71. The number of rotatable bonds is 2. The van der Waals surface area contributed by atoms with Gasteiger partial charge in [0.05, 0.1) is 11.7 Å². The fourth-order valence-electron chi connectivity index (χ4n) is 4.65. The molecule has 2 fully saturated rings. The summed E-state index contributed by atoms with van der Waals surface area (Å²) in [7, 11) is 2.24. The molecule has 22 heavy (non-hydrogen) atoms. The van der Waals surface area contributed by atoms with Gasteiger partial charge in [0.2, 0.25) is 0 Å². The van der Waals surface area contributed by atoms with Crippen molar-refractivity contribution >= 4 is 0 Å². The third-order valence-electron chi connectivity index (χ3n) is 6.02. The van der Waals surface area contributed by atoms with Gasteiger partial charge in [-0.05, 0) is 45.8 Å². The van der Waals surface area contributed by atoms with E-state index < -0.39 is 0 Å². The van der Waals surface area contributed by atoms with Crippen LogP contribution in [0.15, 0.2) is 0 Å². The first-order valence-electron chi connectivity index (χ1n) is 9.32. The molecule has 4 rings (SSSR count). The lowest BCUT2D eigenvalue weighted by Crippen LogP contribution is -2.33. The minimum atomic E-state index is 0.639. The van der Waals surface area contributed by atoms with Crippen molar-refractivity contribution in [1.82, 2.24) is 20.0 Å². The zero-order valence-electron chi connectivity index (χ0n) is 14.0. The molecule has 3 heterocycles. The molecule has 1 aromatic rings. The topological polar surface area (TPSA) is 33.1 Å². The zero-order valence-corrected chi connectivity index (χ0v) is 14.0. The van der Waals surface area contributed by atoms with E-state index in [1.165, 1.54) is 70.2 Å². The Morgan fingerprint density at radius 3 is 2.59 bits per heavy atom. The van der Waals surface area contributed by atoms with E-state index in [0.29, 0.717) is 6.04 Å². The molecule has 3 aliphatic rings. The molecule has 1 aromatic heterocycles. The Bertz CT molecular complexity index is 507. The maximum Gasteiger partial charge on any atom is 0.0703 e. The molecule has 1 aliphatic carbocycles. The zero-order chi connectivity index (χ0) is 14.9. The molecule has 0 spiro atoms. The third-order valence-corrected chi connectivity index (χ3v) is 6.02. The van der Waals surface area contributed by atoms with E-state index in [-0.39, 0.29) is 0 Å². The number of nitrogens with one attached hydrogen (secondary N) is 1. The van der Waals surface area contributed by atoms with Gasteiger partial charge in [-0.2, -0.15) is 5.10 Å². The number of hydrogen-bond donors (Lipinski definition) is 1. The summed E-state index contributed by atoms with van der Waals surface area (Å²) in [5, 5.41) is 8.80. The van der Waals surface area contributed by atoms with Crippen LogP contribution < -0.4 is 5.32 Å². The standard InChI is InChI=1S/C18H30N4/c1-21-11-8-15(9-12-21)22-17-7-10-19-13-16(17)18(20-22)14-5-3-2-4-6-14/h14-15,19H,2-13H2,1H3. The number of hydrogen-bond acceptors (Lipinski definition) is 3. The van der Waals surface area contributed by atoms with E-state index in [2.05, 4.69) is 21.9 Å². The van der Waals surface area contributed by atoms with Gasteiger partial charge in [-0.25, -0.2) is 0 Å². The Hall–Kier alpha value is -0.870. The maximum atomic E-state index is 5.22.